The van der Waals surface area contributed by atoms with Crippen molar-refractivity contribution in [2.45, 2.75) is 13.8 Å². The van der Waals surface area contributed by atoms with Gasteiger partial charge in [0.2, 0.25) is 0 Å². The van der Waals surface area contributed by atoms with Crippen molar-refractivity contribution < 1.29 is 4.79 Å². The first-order valence-electron chi connectivity index (χ1n) is 7.26. The Morgan fingerprint density at radius 3 is 2.74 bits per heavy atom. The molecule has 23 heavy (non-hydrogen) atoms. The Labute approximate surface area is 142 Å². The third-order valence-electron chi connectivity index (χ3n) is 3.98. The van der Waals surface area contributed by atoms with Crippen LogP contribution in [0.25, 0.3) is 10.2 Å². The van der Waals surface area contributed by atoms with Gasteiger partial charge in [0.15, 0.2) is 0 Å². The monoisotopic (exact) mass is 343 g/mol. The molecule has 1 aliphatic rings. The van der Waals surface area contributed by atoms with Crippen molar-refractivity contribution in [1.29, 1.82) is 0 Å². The van der Waals surface area contributed by atoms with Crippen LogP contribution < -0.4 is 10.2 Å². The van der Waals surface area contributed by atoms with Crippen molar-refractivity contribution in [2.75, 3.05) is 16.9 Å². The third kappa shape index (κ3) is 2.28. The Kier molecular flexibility index (Phi) is 3.28. The van der Waals surface area contributed by atoms with E-state index in [1.807, 2.05) is 25.1 Å². The van der Waals surface area contributed by atoms with Crippen LogP contribution in [0, 0.1) is 13.8 Å². The zero-order valence-electron chi connectivity index (χ0n) is 12.7. The van der Waals surface area contributed by atoms with Gasteiger partial charge in [0.05, 0.1) is 12.4 Å². The molecule has 2 aromatic heterocycles. The van der Waals surface area contributed by atoms with Crippen LogP contribution in [0.2, 0.25) is 5.02 Å². The highest BCUT2D eigenvalue weighted by Gasteiger charge is 2.30. The number of carbonyl (C=O) groups is 1. The summed E-state index contributed by atoms with van der Waals surface area (Å²) < 4.78 is 0. The van der Waals surface area contributed by atoms with Crippen LogP contribution in [-0.4, -0.2) is 17.6 Å². The summed E-state index contributed by atoms with van der Waals surface area (Å²) in [5, 5.41) is 5.09. The maximum atomic E-state index is 12.9. The van der Waals surface area contributed by atoms with Crippen molar-refractivity contribution in [3.8, 4) is 0 Å². The van der Waals surface area contributed by atoms with Gasteiger partial charge in [-0.05, 0) is 49.7 Å². The van der Waals surface area contributed by atoms with E-state index in [4.69, 9.17) is 11.6 Å². The molecule has 1 amide bonds. The quantitative estimate of drug-likeness (QED) is 0.702. The number of aryl methyl sites for hydroxylation is 2. The van der Waals surface area contributed by atoms with E-state index in [1.54, 1.807) is 17.0 Å². The predicted molar refractivity (Wildman–Crippen MR) is 95.8 cm³/mol. The second-order valence-electron chi connectivity index (χ2n) is 5.61. The normalized spacial score (nSPS) is 14.0. The topological polar surface area (TPSA) is 45.2 Å². The molecule has 0 atom stereocenters. The van der Waals surface area contributed by atoms with Gasteiger partial charge in [0.25, 0.3) is 5.91 Å². The number of pyridine rings is 1. The molecular weight excluding hydrogens is 330 g/mol. The van der Waals surface area contributed by atoms with Crippen molar-refractivity contribution in [1.82, 2.24) is 4.98 Å². The zero-order valence-corrected chi connectivity index (χ0v) is 14.3. The van der Waals surface area contributed by atoms with Crippen LogP contribution in [-0.2, 0) is 0 Å². The average Bonchev–Trinajstić information content (AvgIpc) is 2.88. The summed E-state index contributed by atoms with van der Waals surface area (Å²) in [6, 6.07) is 9.34. The van der Waals surface area contributed by atoms with E-state index in [0.717, 1.165) is 32.8 Å². The number of nitrogens with one attached hydrogen (secondary N) is 1. The molecule has 0 radical (unpaired) electrons. The molecule has 0 aliphatic carbocycles. The van der Waals surface area contributed by atoms with Crippen LogP contribution in [0.3, 0.4) is 0 Å². The molecule has 0 spiro atoms. The Hall–Kier alpha value is -2.11. The molecule has 3 aromatic rings. The van der Waals surface area contributed by atoms with Gasteiger partial charge in [0, 0.05) is 21.8 Å². The lowest BCUT2D eigenvalue weighted by atomic mass is 10.1. The molecular formula is C17H14ClN3OS. The lowest BCUT2D eigenvalue weighted by molar-refractivity contribution is 0.0990. The number of rotatable bonds is 1. The second-order valence-corrected chi connectivity index (χ2v) is 7.05. The molecule has 0 unspecified atom stereocenters. The number of benzene rings is 1. The number of carbonyl (C=O) groups excluding carboxylic acids is 1. The minimum atomic E-state index is 0.00104. The molecule has 1 aliphatic heterocycles. The third-order valence-corrected chi connectivity index (χ3v) is 5.30. The first-order valence-corrected chi connectivity index (χ1v) is 8.46. The largest absolute Gasteiger partial charge is 0.365 e. The van der Waals surface area contributed by atoms with Gasteiger partial charge in [-0.15, -0.1) is 11.3 Å². The molecule has 0 fully saturated rings. The fraction of sp³-hybridized carbons (Fsp3) is 0.176. The maximum absolute atomic E-state index is 12.9. The van der Waals surface area contributed by atoms with Gasteiger partial charge in [0.1, 0.15) is 9.71 Å². The maximum Gasteiger partial charge on any atom is 0.272 e. The smallest absolute Gasteiger partial charge is 0.272 e. The molecule has 0 saturated heterocycles. The van der Waals surface area contributed by atoms with Crippen LogP contribution >= 0.6 is 22.9 Å². The fourth-order valence-electron chi connectivity index (χ4n) is 2.94. The highest BCUT2D eigenvalue weighted by atomic mass is 35.5. The van der Waals surface area contributed by atoms with E-state index in [0.29, 0.717) is 16.6 Å². The minimum absolute atomic E-state index is 0.00104. The number of hydrogen-bond acceptors (Lipinski definition) is 4. The van der Waals surface area contributed by atoms with Gasteiger partial charge in [-0.1, -0.05) is 11.6 Å². The number of hydrogen-bond donors (Lipinski definition) is 1. The van der Waals surface area contributed by atoms with Gasteiger partial charge in [-0.25, -0.2) is 4.98 Å². The van der Waals surface area contributed by atoms with Crippen molar-refractivity contribution in [3.63, 3.8) is 0 Å². The summed E-state index contributed by atoms with van der Waals surface area (Å²) in [6.07, 6.45) is 0. The first-order chi connectivity index (χ1) is 11.0. The highest BCUT2D eigenvalue weighted by Crippen LogP contribution is 2.40. The van der Waals surface area contributed by atoms with Crippen LogP contribution in [0.5, 0.6) is 0 Å². The number of aromatic nitrogens is 1. The molecule has 0 saturated carbocycles. The summed E-state index contributed by atoms with van der Waals surface area (Å²) in [4.78, 5) is 20.8. The van der Waals surface area contributed by atoms with Crippen molar-refractivity contribution in [3.05, 3.63) is 51.5 Å². The lowest BCUT2D eigenvalue weighted by Gasteiger charge is -2.28. The number of halogens is 1. The van der Waals surface area contributed by atoms with E-state index in [1.165, 1.54) is 11.3 Å². The molecule has 1 aromatic carbocycles. The SMILES string of the molecule is Cc1cc(C)c2c3c(sc2n1)C(=O)N(c1ccc(Cl)cc1)CN3. The Morgan fingerprint density at radius 1 is 1.26 bits per heavy atom. The number of fused-ring (bicyclic) bond motifs is 3. The number of nitrogens with zero attached hydrogens (tertiary/aromatic N) is 2. The summed E-state index contributed by atoms with van der Waals surface area (Å²) in [5.41, 5.74) is 3.85. The summed E-state index contributed by atoms with van der Waals surface area (Å²) in [5.74, 6) is 0.00104. The standard InChI is InChI=1S/C17H14ClN3OS/c1-9-7-10(2)20-16-13(9)14-15(23-16)17(22)21(8-19-14)12-5-3-11(18)4-6-12/h3-7,19H,8H2,1-2H3. The second kappa shape index (κ2) is 5.22. The molecule has 4 rings (SSSR count). The Balaban J connectivity index is 1.83. The van der Waals surface area contributed by atoms with Crippen LogP contribution in [0.15, 0.2) is 30.3 Å². The average molecular weight is 344 g/mol. The molecule has 0 bridgehead atoms. The van der Waals surface area contributed by atoms with Crippen molar-refractivity contribution >= 4 is 50.4 Å². The minimum Gasteiger partial charge on any atom is -0.365 e. The molecule has 4 nitrogen and oxygen atoms in total. The van der Waals surface area contributed by atoms with E-state index >= 15 is 0 Å². The lowest BCUT2D eigenvalue weighted by Crippen LogP contribution is -2.39. The van der Waals surface area contributed by atoms with Gasteiger partial charge < -0.3 is 5.32 Å². The Morgan fingerprint density at radius 2 is 2.00 bits per heavy atom. The summed E-state index contributed by atoms with van der Waals surface area (Å²) >= 11 is 7.38. The van der Waals surface area contributed by atoms with Crippen molar-refractivity contribution in [2.24, 2.45) is 0 Å². The first kappa shape index (κ1) is 14.5. The van der Waals surface area contributed by atoms with E-state index in [2.05, 4.69) is 17.2 Å². The zero-order chi connectivity index (χ0) is 16.1. The Bertz CT molecular complexity index is 933. The molecule has 116 valence electrons. The number of anilines is 2. The summed E-state index contributed by atoms with van der Waals surface area (Å²) in [7, 11) is 0. The molecule has 3 heterocycles. The number of thiophene rings is 1. The van der Waals surface area contributed by atoms with Gasteiger partial charge >= 0.3 is 0 Å². The van der Waals surface area contributed by atoms with E-state index < -0.39 is 0 Å². The van der Waals surface area contributed by atoms with Gasteiger partial charge in [-0.3, -0.25) is 9.69 Å². The molecule has 1 N–H and O–H groups in total. The predicted octanol–water partition coefficient (Wildman–Crippen LogP) is 4.60. The fourth-order valence-corrected chi connectivity index (χ4v) is 4.29. The number of amides is 1. The molecule has 6 heteroatoms. The highest BCUT2D eigenvalue weighted by molar-refractivity contribution is 7.21. The van der Waals surface area contributed by atoms with E-state index in [-0.39, 0.29) is 5.91 Å². The summed E-state index contributed by atoms with van der Waals surface area (Å²) in [6.45, 7) is 4.47. The van der Waals surface area contributed by atoms with Gasteiger partial charge in [-0.2, -0.15) is 0 Å². The van der Waals surface area contributed by atoms with Crippen LogP contribution in [0.1, 0.15) is 20.9 Å². The van der Waals surface area contributed by atoms with Crippen LogP contribution in [0.4, 0.5) is 11.4 Å². The van der Waals surface area contributed by atoms with E-state index in [9.17, 15) is 4.79 Å².